The highest BCUT2D eigenvalue weighted by Crippen LogP contribution is 2.16. The highest BCUT2D eigenvalue weighted by molar-refractivity contribution is 5.90. The molecule has 1 amide bonds. The Hall–Kier alpha value is -4.20. The van der Waals surface area contributed by atoms with Gasteiger partial charge in [0.2, 0.25) is 5.91 Å². The maximum Gasteiger partial charge on any atom is 0.331 e. The molecule has 0 bridgehead atoms. The van der Waals surface area contributed by atoms with Crippen molar-refractivity contribution in [2.75, 3.05) is 5.32 Å². The van der Waals surface area contributed by atoms with Gasteiger partial charge < -0.3 is 5.32 Å². The molecule has 2 aromatic carbocycles. The molecule has 0 aliphatic heterocycles. The van der Waals surface area contributed by atoms with Gasteiger partial charge in [-0.15, -0.1) is 0 Å². The number of nitrogens with one attached hydrogen (secondary N) is 1. The lowest BCUT2D eigenvalue weighted by Gasteiger charge is -2.11. The molecule has 0 aliphatic rings. The van der Waals surface area contributed by atoms with Gasteiger partial charge in [0, 0.05) is 23.6 Å². The van der Waals surface area contributed by atoms with Gasteiger partial charge in [-0.25, -0.2) is 9.48 Å². The van der Waals surface area contributed by atoms with Gasteiger partial charge in [0.05, 0.1) is 17.9 Å². The second-order valence-electron chi connectivity index (χ2n) is 7.57. The zero-order valence-corrected chi connectivity index (χ0v) is 17.9. The Labute approximate surface area is 184 Å². The van der Waals surface area contributed by atoms with E-state index in [0.29, 0.717) is 12.2 Å². The van der Waals surface area contributed by atoms with Gasteiger partial charge in [-0.05, 0) is 43.7 Å². The van der Waals surface area contributed by atoms with Crippen LogP contribution in [0.3, 0.4) is 0 Å². The zero-order chi connectivity index (χ0) is 22.7. The summed E-state index contributed by atoms with van der Waals surface area (Å²) in [5, 5.41) is 7.21. The molecular weight excluding hydrogens is 406 g/mol. The van der Waals surface area contributed by atoms with E-state index in [-0.39, 0.29) is 6.54 Å². The molecule has 0 spiro atoms. The van der Waals surface area contributed by atoms with E-state index in [1.54, 1.807) is 16.8 Å². The summed E-state index contributed by atoms with van der Waals surface area (Å²) in [6, 6.07) is 19.9. The number of aryl methyl sites for hydroxylation is 2. The van der Waals surface area contributed by atoms with Crippen molar-refractivity contribution < 1.29 is 4.79 Å². The molecule has 4 rings (SSSR count). The number of carbonyl (C=O) groups is 1. The molecule has 2 aromatic heterocycles. The molecule has 0 saturated heterocycles. The number of anilines is 1. The van der Waals surface area contributed by atoms with Gasteiger partial charge in [-0.2, -0.15) is 5.10 Å². The Balaban J connectivity index is 1.53. The molecule has 0 unspecified atom stereocenters. The molecule has 4 aromatic rings. The van der Waals surface area contributed by atoms with Crippen LogP contribution in [0.15, 0.2) is 82.5 Å². The van der Waals surface area contributed by atoms with Crippen molar-refractivity contribution in [3.05, 3.63) is 111 Å². The summed E-state index contributed by atoms with van der Waals surface area (Å²) in [7, 11) is 0. The van der Waals surface area contributed by atoms with Crippen LogP contribution in [0.25, 0.3) is 5.69 Å². The second kappa shape index (κ2) is 8.89. The highest BCUT2D eigenvalue weighted by atomic mass is 16.2. The van der Waals surface area contributed by atoms with Crippen molar-refractivity contribution in [2.45, 2.75) is 26.9 Å². The molecule has 0 aliphatic carbocycles. The monoisotopic (exact) mass is 429 g/mol. The summed E-state index contributed by atoms with van der Waals surface area (Å²) in [5.74, 6) is -0.466. The molecule has 1 N–H and O–H groups in total. The fraction of sp³-hybridized carbons (Fsp3) is 0.167. The third-order valence-corrected chi connectivity index (χ3v) is 5.02. The summed E-state index contributed by atoms with van der Waals surface area (Å²) in [5.41, 5.74) is 3.08. The lowest BCUT2D eigenvalue weighted by molar-refractivity contribution is -0.116. The Morgan fingerprint density at radius 2 is 1.75 bits per heavy atom. The van der Waals surface area contributed by atoms with Gasteiger partial charge in [0.25, 0.3) is 5.56 Å². The van der Waals surface area contributed by atoms with Crippen LogP contribution in [-0.4, -0.2) is 24.8 Å². The predicted octanol–water partition coefficient (Wildman–Crippen LogP) is 2.50. The van der Waals surface area contributed by atoms with Crippen LogP contribution in [0.4, 0.5) is 5.69 Å². The fourth-order valence-corrected chi connectivity index (χ4v) is 3.55. The lowest BCUT2D eigenvalue weighted by Crippen LogP contribution is -2.41. The van der Waals surface area contributed by atoms with Gasteiger partial charge in [0.15, 0.2) is 0 Å². The number of hydrogen-bond donors (Lipinski definition) is 1. The topological polar surface area (TPSA) is 90.9 Å². The molecule has 8 heteroatoms. The van der Waals surface area contributed by atoms with Crippen molar-refractivity contribution in [3.8, 4) is 5.69 Å². The van der Waals surface area contributed by atoms with Crippen LogP contribution >= 0.6 is 0 Å². The van der Waals surface area contributed by atoms with Gasteiger partial charge >= 0.3 is 5.69 Å². The molecule has 0 saturated carbocycles. The number of nitrogens with zero attached hydrogens (tertiary/aromatic N) is 4. The number of hydrogen-bond acceptors (Lipinski definition) is 4. The first kappa shape index (κ1) is 21.0. The fourth-order valence-electron chi connectivity index (χ4n) is 3.55. The molecule has 0 fully saturated rings. The minimum Gasteiger partial charge on any atom is -0.324 e. The SMILES string of the molecule is Cc1cc(C)n(-c2cccc(NC(=O)Cn3c(=O)ccn(Cc4ccccc4)c3=O)c2)n1. The molecule has 8 nitrogen and oxygen atoms in total. The van der Waals surface area contributed by atoms with Gasteiger partial charge in [-0.1, -0.05) is 36.4 Å². The van der Waals surface area contributed by atoms with Gasteiger partial charge in [-0.3, -0.25) is 18.7 Å². The first-order chi connectivity index (χ1) is 15.4. The summed E-state index contributed by atoms with van der Waals surface area (Å²) < 4.78 is 4.13. The molecule has 162 valence electrons. The van der Waals surface area contributed by atoms with Crippen LogP contribution in [0.5, 0.6) is 0 Å². The van der Waals surface area contributed by atoms with E-state index in [4.69, 9.17) is 0 Å². The van der Waals surface area contributed by atoms with E-state index in [1.165, 1.54) is 16.8 Å². The average molecular weight is 429 g/mol. The minimum atomic E-state index is -0.534. The Bertz CT molecular complexity index is 1380. The first-order valence-corrected chi connectivity index (χ1v) is 10.2. The van der Waals surface area contributed by atoms with Crippen molar-refractivity contribution >= 4 is 11.6 Å². The first-order valence-electron chi connectivity index (χ1n) is 10.2. The third-order valence-electron chi connectivity index (χ3n) is 5.02. The van der Waals surface area contributed by atoms with E-state index >= 15 is 0 Å². The minimum absolute atomic E-state index is 0.312. The van der Waals surface area contributed by atoms with E-state index in [1.807, 2.05) is 62.4 Å². The summed E-state index contributed by atoms with van der Waals surface area (Å²) in [6.45, 7) is 3.80. The number of amides is 1. The van der Waals surface area contributed by atoms with E-state index in [0.717, 1.165) is 27.2 Å². The van der Waals surface area contributed by atoms with Crippen LogP contribution in [0.1, 0.15) is 17.0 Å². The zero-order valence-electron chi connectivity index (χ0n) is 17.9. The van der Waals surface area contributed by atoms with E-state index in [9.17, 15) is 14.4 Å². The molecular formula is C24H23N5O3. The quantitative estimate of drug-likeness (QED) is 0.510. The lowest BCUT2D eigenvalue weighted by atomic mass is 10.2. The Morgan fingerprint density at radius 1 is 0.969 bits per heavy atom. The van der Waals surface area contributed by atoms with E-state index < -0.39 is 17.2 Å². The molecule has 0 atom stereocenters. The molecule has 32 heavy (non-hydrogen) atoms. The Morgan fingerprint density at radius 3 is 2.47 bits per heavy atom. The number of aromatic nitrogens is 4. The highest BCUT2D eigenvalue weighted by Gasteiger charge is 2.12. The van der Waals surface area contributed by atoms with Crippen LogP contribution in [0, 0.1) is 13.8 Å². The van der Waals surface area contributed by atoms with E-state index in [2.05, 4.69) is 10.4 Å². The predicted molar refractivity (Wildman–Crippen MR) is 122 cm³/mol. The Kier molecular flexibility index (Phi) is 5.85. The standard InChI is InChI=1S/C24H23N5O3/c1-17-13-18(2)29(26-17)21-10-6-9-20(14-21)25-22(30)16-28-23(31)11-12-27(24(28)32)15-19-7-4-3-5-8-19/h3-14H,15-16H2,1-2H3,(H,25,30). The van der Waals surface area contributed by atoms with Crippen LogP contribution in [-0.2, 0) is 17.9 Å². The van der Waals surface area contributed by atoms with Crippen molar-refractivity contribution in [2.24, 2.45) is 0 Å². The largest absolute Gasteiger partial charge is 0.331 e. The van der Waals surface area contributed by atoms with Crippen LogP contribution < -0.4 is 16.6 Å². The number of benzene rings is 2. The normalized spacial score (nSPS) is 10.8. The summed E-state index contributed by atoms with van der Waals surface area (Å²) in [4.78, 5) is 37.7. The number of carbonyl (C=O) groups excluding carboxylic acids is 1. The maximum absolute atomic E-state index is 12.8. The van der Waals surface area contributed by atoms with Crippen molar-refractivity contribution in [1.29, 1.82) is 0 Å². The second-order valence-corrected chi connectivity index (χ2v) is 7.57. The number of rotatable bonds is 6. The van der Waals surface area contributed by atoms with Crippen molar-refractivity contribution in [1.82, 2.24) is 18.9 Å². The molecule has 2 heterocycles. The third kappa shape index (κ3) is 4.59. The van der Waals surface area contributed by atoms with Gasteiger partial charge in [0.1, 0.15) is 6.54 Å². The molecule has 0 radical (unpaired) electrons. The van der Waals surface area contributed by atoms with Crippen molar-refractivity contribution in [3.63, 3.8) is 0 Å². The summed E-state index contributed by atoms with van der Waals surface area (Å²) >= 11 is 0. The maximum atomic E-state index is 12.8. The average Bonchev–Trinajstić information content (AvgIpc) is 3.12. The summed E-state index contributed by atoms with van der Waals surface area (Å²) in [6.07, 6.45) is 1.45. The van der Waals surface area contributed by atoms with Crippen LogP contribution in [0.2, 0.25) is 0 Å². The smallest absolute Gasteiger partial charge is 0.324 e.